The molecule has 0 bridgehead atoms. The summed E-state index contributed by atoms with van der Waals surface area (Å²) < 4.78 is 0. The molecule has 1 amide bonds. The lowest BCUT2D eigenvalue weighted by Crippen LogP contribution is -2.14. The summed E-state index contributed by atoms with van der Waals surface area (Å²) in [4.78, 5) is 22.0. The smallest absolute Gasteiger partial charge is 0.271 e. The lowest BCUT2D eigenvalue weighted by molar-refractivity contribution is -0.384. The highest BCUT2D eigenvalue weighted by atomic mass is 16.6. The third-order valence-corrected chi connectivity index (χ3v) is 2.66. The number of nitrogens with zero attached hydrogens (tertiary/aromatic N) is 1. The number of nitro benzene ring substituents is 1. The number of nitrogens with one attached hydrogen (secondary N) is 1. The number of nitrogens with two attached hydrogens (primary N) is 1. The van der Waals surface area contributed by atoms with Crippen LogP contribution in [0.3, 0.4) is 0 Å². The summed E-state index contributed by atoms with van der Waals surface area (Å²) in [6, 6.07) is 12.8. The molecule has 3 N–H and O–H groups in total. The summed E-state index contributed by atoms with van der Waals surface area (Å²) in [6.45, 7) is 0. The van der Waals surface area contributed by atoms with E-state index in [9.17, 15) is 14.9 Å². The third kappa shape index (κ3) is 3.55. The van der Waals surface area contributed by atoms with E-state index in [1.165, 1.54) is 18.2 Å². The van der Waals surface area contributed by atoms with Crippen LogP contribution in [0.5, 0.6) is 0 Å². The molecular weight excluding hydrogens is 258 g/mol. The van der Waals surface area contributed by atoms with Gasteiger partial charge in [-0.05, 0) is 23.8 Å². The number of amides is 1. The molecule has 0 aliphatic rings. The van der Waals surface area contributed by atoms with Gasteiger partial charge in [0, 0.05) is 23.5 Å². The van der Waals surface area contributed by atoms with E-state index in [2.05, 4.69) is 5.32 Å². The molecule has 0 aromatic heterocycles. The van der Waals surface area contributed by atoms with Gasteiger partial charge in [-0.2, -0.15) is 0 Å². The molecule has 0 radical (unpaired) electrons. The third-order valence-electron chi connectivity index (χ3n) is 2.66. The highest BCUT2D eigenvalue weighted by molar-refractivity contribution is 5.92. The Hall–Kier alpha value is -2.89. The molecule has 0 spiro atoms. The standard InChI is InChI=1S/C14H13N3O3/c15-11-4-1-3-10(7-11)8-14(18)16-12-5-2-6-13(9-12)17(19)20/h1-7,9H,8,15H2,(H,16,18). The van der Waals surface area contributed by atoms with Gasteiger partial charge in [-0.3, -0.25) is 14.9 Å². The summed E-state index contributed by atoms with van der Waals surface area (Å²) >= 11 is 0. The SMILES string of the molecule is Nc1cccc(CC(=O)Nc2cccc([N+](=O)[O-])c2)c1. The molecule has 0 heterocycles. The van der Waals surface area contributed by atoms with Crippen LogP contribution in [-0.2, 0) is 11.2 Å². The molecule has 2 aromatic rings. The molecule has 2 rings (SSSR count). The van der Waals surface area contributed by atoms with E-state index in [1.54, 1.807) is 30.3 Å². The first-order chi connectivity index (χ1) is 9.54. The normalized spacial score (nSPS) is 10.0. The van der Waals surface area contributed by atoms with Crippen LogP contribution in [0.4, 0.5) is 17.1 Å². The van der Waals surface area contributed by atoms with E-state index in [4.69, 9.17) is 5.73 Å². The van der Waals surface area contributed by atoms with E-state index in [0.29, 0.717) is 11.4 Å². The Bertz CT molecular complexity index is 656. The minimum atomic E-state index is -0.506. The molecule has 102 valence electrons. The number of hydrogen-bond donors (Lipinski definition) is 2. The molecule has 0 saturated heterocycles. The molecule has 0 unspecified atom stereocenters. The first kappa shape index (κ1) is 13.5. The van der Waals surface area contributed by atoms with Gasteiger partial charge >= 0.3 is 0 Å². The number of nitro groups is 1. The average Bonchev–Trinajstić information content (AvgIpc) is 2.38. The lowest BCUT2D eigenvalue weighted by atomic mass is 10.1. The average molecular weight is 271 g/mol. The topological polar surface area (TPSA) is 98.3 Å². The van der Waals surface area contributed by atoms with Gasteiger partial charge in [0.05, 0.1) is 11.3 Å². The van der Waals surface area contributed by atoms with Gasteiger partial charge in [-0.15, -0.1) is 0 Å². The molecule has 0 fully saturated rings. The summed E-state index contributed by atoms with van der Waals surface area (Å²) in [5.41, 5.74) is 7.34. The summed E-state index contributed by atoms with van der Waals surface area (Å²) in [5, 5.41) is 13.3. The van der Waals surface area contributed by atoms with Crippen LogP contribution in [0.25, 0.3) is 0 Å². The van der Waals surface area contributed by atoms with E-state index >= 15 is 0 Å². The number of carbonyl (C=O) groups excluding carboxylic acids is 1. The van der Waals surface area contributed by atoms with Crippen LogP contribution in [0.15, 0.2) is 48.5 Å². The second-order valence-corrected chi connectivity index (χ2v) is 4.28. The molecule has 20 heavy (non-hydrogen) atoms. The molecular formula is C14H13N3O3. The fourth-order valence-electron chi connectivity index (χ4n) is 1.79. The number of benzene rings is 2. The summed E-state index contributed by atoms with van der Waals surface area (Å²) in [5.74, 6) is -0.254. The van der Waals surface area contributed by atoms with Crippen molar-refractivity contribution in [2.24, 2.45) is 0 Å². The van der Waals surface area contributed by atoms with Crippen LogP contribution in [-0.4, -0.2) is 10.8 Å². The number of rotatable bonds is 4. The van der Waals surface area contributed by atoms with Gasteiger partial charge in [-0.1, -0.05) is 18.2 Å². The van der Waals surface area contributed by atoms with Gasteiger partial charge in [0.15, 0.2) is 0 Å². The van der Waals surface area contributed by atoms with Gasteiger partial charge in [0.25, 0.3) is 5.69 Å². The fourth-order valence-corrected chi connectivity index (χ4v) is 1.79. The van der Waals surface area contributed by atoms with Crippen LogP contribution >= 0.6 is 0 Å². The van der Waals surface area contributed by atoms with Crippen molar-refractivity contribution in [2.45, 2.75) is 6.42 Å². The zero-order valence-electron chi connectivity index (χ0n) is 10.6. The van der Waals surface area contributed by atoms with Gasteiger partial charge < -0.3 is 11.1 Å². The molecule has 0 aliphatic carbocycles. The van der Waals surface area contributed by atoms with Crippen LogP contribution in [0.2, 0.25) is 0 Å². The lowest BCUT2D eigenvalue weighted by Gasteiger charge is -2.05. The Kier molecular flexibility index (Phi) is 3.95. The van der Waals surface area contributed by atoms with Crippen molar-refractivity contribution in [1.29, 1.82) is 0 Å². The predicted octanol–water partition coefficient (Wildman–Crippen LogP) is 2.36. The van der Waals surface area contributed by atoms with Crippen LogP contribution < -0.4 is 11.1 Å². The zero-order valence-corrected chi connectivity index (χ0v) is 10.6. The Morgan fingerprint density at radius 2 is 1.95 bits per heavy atom. The molecule has 0 saturated carbocycles. The minimum absolute atomic E-state index is 0.0632. The molecule has 6 heteroatoms. The predicted molar refractivity (Wildman–Crippen MR) is 76.3 cm³/mol. The second-order valence-electron chi connectivity index (χ2n) is 4.28. The second kappa shape index (κ2) is 5.83. The number of hydrogen-bond acceptors (Lipinski definition) is 4. The molecule has 2 aromatic carbocycles. The maximum atomic E-state index is 11.9. The van der Waals surface area contributed by atoms with Crippen molar-refractivity contribution in [3.8, 4) is 0 Å². The summed E-state index contributed by atoms with van der Waals surface area (Å²) in [7, 11) is 0. The largest absolute Gasteiger partial charge is 0.399 e. The molecule has 6 nitrogen and oxygen atoms in total. The van der Waals surface area contributed by atoms with E-state index < -0.39 is 4.92 Å². The number of anilines is 2. The van der Waals surface area contributed by atoms with Crippen molar-refractivity contribution in [1.82, 2.24) is 0 Å². The van der Waals surface area contributed by atoms with Crippen molar-refractivity contribution in [2.75, 3.05) is 11.1 Å². The van der Waals surface area contributed by atoms with Crippen LogP contribution in [0.1, 0.15) is 5.56 Å². The quantitative estimate of drug-likeness (QED) is 0.506. The van der Waals surface area contributed by atoms with E-state index in [0.717, 1.165) is 5.56 Å². The van der Waals surface area contributed by atoms with Crippen molar-refractivity contribution in [3.05, 3.63) is 64.2 Å². The number of non-ortho nitro benzene ring substituents is 1. The number of nitrogen functional groups attached to an aromatic ring is 1. The first-order valence-electron chi connectivity index (χ1n) is 5.93. The van der Waals surface area contributed by atoms with Crippen molar-refractivity contribution >= 4 is 23.0 Å². The Morgan fingerprint density at radius 1 is 1.20 bits per heavy atom. The maximum Gasteiger partial charge on any atom is 0.271 e. The minimum Gasteiger partial charge on any atom is -0.399 e. The molecule has 0 aliphatic heterocycles. The van der Waals surface area contributed by atoms with Gasteiger partial charge in [0.2, 0.25) is 5.91 Å². The van der Waals surface area contributed by atoms with Crippen molar-refractivity contribution < 1.29 is 9.72 Å². The Balaban J connectivity index is 2.04. The molecule has 0 atom stereocenters. The Labute approximate surface area is 115 Å². The first-order valence-corrected chi connectivity index (χ1v) is 5.93. The fraction of sp³-hybridized carbons (Fsp3) is 0.0714. The van der Waals surface area contributed by atoms with Gasteiger partial charge in [0.1, 0.15) is 0 Å². The van der Waals surface area contributed by atoms with E-state index in [1.807, 2.05) is 0 Å². The Morgan fingerprint density at radius 3 is 2.65 bits per heavy atom. The van der Waals surface area contributed by atoms with Crippen LogP contribution in [0, 0.1) is 10.1 Å². The van der Waals surface area contributed by atoms with Gasteiger partial charge in [-0.25, -0.2) is 0 Å². The van der Waals surface area contributed by atoms with E-state index in [-0.39, 0.29) is 18.0 Å². The maximum absolute atomic E-state index is 11.9. The monoisotopic (exact) mass is 271 g/mol. The highest BCUT2D eigenvalue weighted by Crippen LogP contribution is 2.17. The number of carbonyl (C=O) groups is 1. The van der Waals surface area contributed by atoms with Crippen molar-refractivity contribution in [3.63, 3.8) is 0 Å². The summed E-state index contributed by atoms with van der Waals surface area (Å²) in [6.07, 6.45) is 0.160. The highest BCUT2D eigenvalue weighted by Gasteiger charge is 2.08. The zero-order chi connectivity index (χ0) is 14.5.